The van der Waals surface area contributed by atoms with Gasteiger partial charge in [0.05, 0.1) is 34.3 Å². The summed E-state index contributed by atoms with van der Waals surface area (Å²) in [6, 6.07) is 13.6. The van der Waals surface area contributed by atoms with Crippen LogP contribution in [-0.4, -0.2) is 54.3 Å². The number of nitrogens with one attached hydrogen (secondary N) is 2. The van der Waals surface area contributed by atoms with Gasteiger partial charge in [-0.25, -0.2) is 13.4 Å². The Labute approximate surface area is 237 Å². The quantitative estimate of drug-likeness (QED) is 0.275. The number of para-hydroxylation sites is 1. The van der Waals surface area contributed by atoms with Gasteiger partial charge in [-0.15, -0.1) is 0 Å². The molecule has 0 radical (unpaired) electrons. The molecule has 3 aromatic rings. The van der Waals surface area contributed by atoms with Crippen molar-refractivity contribution in [2.75, 3.05) is 30.3 Å². The normalized spacial score (nSPS) is 15.1. The largest absolute Gasteiger partial charge is 0.492 e. The maximum absolute atomic E-state index is 12.9. The molecule has 1 aliphatic heterocycles. The Morgan fingerprint density at radius 3 is 2.44 bits per heavy atom. The lowest BCUT2D eigenvalue weighted by Gasteiger charge is -2.35. The summed E-state index contributed by atoms with van der Waals surface area (Å²) in [4.78, 5) is 11.6. The second kappa shape index (κ2) is 12.5. The number of hydrogen-bond acceptors (Lipinski definition) is 8. The van der Waals surface area contributed by atoms with Gasteiger partial charge in [0.1, 0.15) is 10.8 Å². The third-order valence-electron chi connectivity index (χ3n) is 7.09. The van der Waals surface area contributed by atoms with E-state index >= 15 is 0 Å². The number of aromatic nitrogens is 2. The minimum Gasteiger partial charge on any atom is -0.492 e. The molecule has 1 fully saturated rings. The van der Waals surface area contributed by atoms with Crippen LogP contribution in [0.4, 0.5) is 23.1 Å². The topological polar surface area (TPSA) is 96.5 Å². The summed E-state index contributed by atoms with van der Waals surface area (Å²) in [6.07, 6.45) is 3.73. The fourth-order valence-electron chi connectivity index (χ4n) is 4.76. The first kappa shape index (κ1) is 29.1. The predicted molar refractivity (Wildman–Crippen MR) is 159 cm³/mol. The zero-order valence-corrected chi connectivity index (χ0v) is 24.8. The van der Waals surface area contributed by atoms with E-state index in [2.05, 4.69) is 51.5 Å². The maximum Gasteiger partial charge on any atom is 0.229 e. The number of benzene rings is 2. The van der Waals surface area contributed by atoms with Crippen LogP contribution in [0.15, 0.2) is 53.6 Å². The molecule has 0 bridgehead atoms. The van der Waals surface area contributed by atoms with E-state index in [0.717, 1.165) is 37.4 Å². The molecule has 210 valence electrons. The standard InChI is InChI=1S/C29H38ClN5O3S/c1-6-38-26-17-22(21-13-15-35(16-14-21)19(2)3)11-12-24(26)33-29-31-18-23(30)28(34-29)32-25-9-7-8-10-27(25)39(36,37)20(4)5/h7-12,17-21H,6,13-16H2,1-5H3,(H2,31,32,33,34). The van der Waals surface area contributed by atoms with Crippen molar-refractivity contribution in [2.24, 2.45) is 0 Å². The van der Waals surface area contributed by atoms with Crippen LogP contribution in [0.3, 0.4) is 0 Å². The van der Waals surface area contributed by atoms with E-state index in [-0.39, 0.29) is 9.92 Å². The zero-order chi connectivity index (χ0) is 28.2. The van der Waals surface area contributed by atoms with Crippen LogP contribution in [0.25, 0.3) is 0 Å². The Hall–Kier alpha value is -2.88. The number of ether oxygens (including phenoxy) is 1. The molecule has 0 spiro atoms. The van der Waals surface area contributed by atoms with Gasteiger partial charge in [0, 0.05) is 6.04 Å². The number of sulfone groups is 1. The molecule has 4 rings (SSSR count). The highest BCUT2D eigenvalue weighted by atomic mass is 35.5. The third-order valence-corrected chi connectivity index (χ3v) is 9.58. The van der Waals surface area contributed by atoms with Gasteiger partial charge < -0.3 is 20.3 Å². The van der Waals surface area contributed by atoms with E-state index in [4.69, 9.17) is 16.3 Å². The van der Waals surface area contributed by atoms with Crippen LogP contribution in [-0.2, 0) is 9.84 Å². The first-order chi connectivity index (χ1) is 18.6. The molecule has 1 aromatic heterocycles. The number of anilines is 4. The van der Waals surface area contributed by atoms with Gasteiger partial charge in [-0.1, -0.05) is 29.8 Å². The van der Waals surface area contributed by atoms with Crippen LogP contribution in [0, 0.1) is 0 Å². The fraction of sp³-hybridized carbons (Fsp3) is 0.448. The maximum atomic E-state index is 12.9. The van der Waals surface area contributed by atoms with Crippen molar-refractivity contribution in [3.8, 4) is 5.75 Å². The molecule has 1 saturated heterocycles. The Kier molecular flexibility index (Phi) is 9.35. The van der Waals surface area contributed by atoms with Crippen LogP contribution >= 0.6 is 11.6 Å². The van der Waals surface area contributed by atoms with Crippen LogP contribution < -0.4 is 15.4 Å². The van der Waals surface area contributed by atoms with Crippen molar-refractivity contribution in [2.45, 2.75) is 69.6 Å². The summed E-state index contributed by atoms with van der Waals surface area (Å²) >= 11 is 6.40. The highest BCUT2D eigenvalue weighted by Crippen LogP contribution is 2.36. The van der Waals surface area contributed by atoms with E-state index in [9.17, 15) is 8.42 Å². The van der Waals surface area contributed by atoms with Gasteiger partial charge in [0.15, 0.2) is 15.7 Å². The number of piperidine rings is 1. The molecule has 0 unspecified atom stereocenters. The van der Waals surface area contributed by atoms with E-state index < -0.39 is 15.1 Å². The molecular weight excluding hydrogens is 534 g/mol. The Balaban J connectivity index is 1.57. The molecular formula is C29H38ClN5O3S. The summed E-state index contributed by atoms with van der Waals surface area (Å²) in [7, 11) is -3.52. The van der Waals surface area contributed by atoms with Crippen LogP contribution in [0.1, 0.15) is 58.9 Å². The first-order valence-corrected chi connectivity index (χ1v) is 15.4. The summed E-state index contributed by atoms with van der Waals surface area (Å²) < 4.78 is 31.8. The van der Waals surface area contributed by atoms with E-state index in [1.807, 2.05) is 13.0 Å². The van der Waals surface area contributed by atoms with Crippen molar-refractivity contribution in [1.82, 2.24) is 14.9 Å². The molecule has 1 aliphatic rings. The SMILES string of the molecule is CCOc1cc(C2CCN(C(C)C)CC2)ccc1Nc1ncc(Cl)c(Nc2ccccc2S(=O)(=O)C(C)C)n1. The van der Waals surface area contributed by atoms with E-state index in [1.165, 1.54) is 11.8 Å². The monoisotopic (exact) mass is 571 g/mol. The lowest BCUT2D eigenvalue weighted by molar-refractivity contribution is 0.172. The number of hydrogen-bond donors (Lipinski definition) is 2. The molecule has 0 saturated carbocycles. The molecule has 0 atom stereocenters. The van der Waals surface area contributed by atoms with Gasteiger partial charge in [-0.2, -0.15) is 4.98 Å². The predicted octanol–water partition coefficient (Wildman–Crippen LogP) is 6.79. The average molecular weight is 572 g/mol. The van der Waals surface area contributed by atoms with Crippen LogP contribution in [0.2, 0.25) is 5.02 Å². The second-order valence-electron chi connectivity index (χ2n) is 10.3. The smallest absolute Gasteiger partial charge is 0.229 e. The molecule has 2 aromatic carbocycles. The fourth-order valence-corrected chi connectivity index (χ4v) is 6.10. The highest BCUT2D eigenvalue weighted by Gasteiger charge is 2.24. The van der Waals surface area contributed by atoms with Crippen LogP contribution in [0.5, 0.6) is 5.75 Å². The third kappa shape index (κ3) is 6.83. The minimum atomic E-state index is -3.52. The summed E-state index contributed by atoms with van der Waals surface area (Å²) in [5, 5.41) is 6.05. The van der Waals surface area contributed by atoms with Gasteiger partial charge >= 0.3 is 0 Å². The van der Waals surface area contributed by atoms with Gasteiger partial charge in [0.2, 0.25) is 5.95 Å². The molecule has 10 heteroatoms. The van der Waals surface area contributed by atoms with Crippen molar-refractivity contribution >= 4 is 44.6 Å². The molecule has 39 heavy (non-hydrogen) atoms. The lowest BCUT2D eigenvalue weighted by atomic mass is 9.88. The molecule has 0 aliphatic carbocycles. The van der Waals surface area contributed by atoms with E-state index in [1.54, 1.807) is 38.1 Å². The van der Waals surface area contributed by atoms with Crippen molar-refractivity contribution < 1.29 is 13.2 Å². The summed E-state index contributed by atoms with van der Waals surface area (Å²) in [5.74, 6) is 1.85. The zero-order valence-electron chi connectivity index (χ0n) is 23.2. The summed E-state index contributed by atoms with van der Waals surface area (Å²) in [5.41, 5.74) is 2.42. The minimum absolute atomic E-state index is 0.192. The number of rotatable bonds is 10. The molecule has 0 amide bonds. The lowest BCUT2D eigenvalue weighted by Crippen LogP contribution is -2.37. The number of nitrogens with zero attached hydrogens (tertiary/aromatic N) is 3. The van der Waals surface area contributed by atoms with Gasteiger partial charge in [-0.05, 0) is 96.3 Å². The molecule has 2 N–H and O–H groups in total. The number of likely N-dealkylation sites (tertiary alicyclic amines) is 1. The van der Waals surface area contributed by atoms with Crippen molar-refractivity contribution in [3.63, 3.8) is 0 Å². The Morgan fingerprint density at radius 2 is 1.77 bits per heavy atom. The molecule has 2 heterocycles. The number of halogens is 1. The van der Waals surface area contributed by atoms with Crippen molar-refractivity contribution in [1.29, 1.82) is 0 Å². The van der Waals surface area contributed by atoms with Gasteiger partial charge in [0.25, 0.3) is 0 Å². The van der Waals surface area contributed by atoms with Gasteiger partial charge in [-0.3, -0.25) is 0 Å². The second-order valence-corrected chi connectivity index (χ2v) is 13.2. The Bertz CT molecular complexity index is 1390. The highest BCUT2D eigenvalue weighted by molar-refractivity contribution is 7.92. The van der Waals surface area contributed by atoms with E-state index in [0.29, 0.717) is 36.0 Å². The first-order valence-electron chi connectivity index (χ1n) is 13.5. The average Bonchev–Trinajstić information content (AvgIpc) is 2.92. The molecule has 8 nitrogen and oxygen atoms in total. The Morgan fingerprint density at radius 1 is 1.05 bits per heavy atom. The summed E-state index contributed by atoms with van der Waals surface area (Å²) in [6.45, 7) is 12.5. The van der Waals surface area contributed by atoms with Crippen molar-refractivity contribution in [3.05, 3.63) is 59.2 Å².